The molecule has 1 aromatic rings. The number of benzene rings is 1. The maximum atomic E-state index is 12.2. The molecule has 0 saturated carbocycles. The lowest BCUT2D eigenvalue weighted by Gasteiger charge is -2.36. The number of hydrogen-bond acceptors (Lipinski definition) is 3. The van der Waals surface area contributed by atoms with Gasteiger partial charge in [0.05, 0.1) is 0 Å². The van der Waals surface area contributed by atoms with E-state index in [0.29, 0.717) is 13.1 Å². The van der Waals surface area contributed by atoms with Crippen molar-refractivity contribution in [1.29, 1.82) is 0 Å². The molecule has 1 heterocycles. The molecule has 120 valence electrons. The maximum absolute atomic E-state index is 12.2. The molecule has 3 N–H and O–H groups in total. The van der Waals surface area contributed by atoms with Crippen molar-refractivity contribution in [1.82, 2.24) is 15.1 Å². The molecular formula is C15H21ClN4O2. The van der Waals surface area contributed by atoms with Crippen molar-refractivity contribution in [3.63, 3.8) is 0 Å². The van der Waals surface area contributed by atoms with Crippen molar-refractivity contribution in [3.05, 3.63) is 34.9 Å². The summed E-state index contributed by atoms with van der Waals surface area (Å²) in [7, 11) is 0. The Hall–Kier alpha value is -1.79. The fraction of sp³-hybridized carbons (Fsp3) is 0.467. The Morgan fingerprint density at radius 2 is 2.00 bits per heavy atom. The topological polar surface area (TPSA) is 78.7 Å². The number of primary amides is 1. The van der Waals surface area contributed by atoms with Gasteiger partial charge in [0.1, 0.15) is 6.04 Å². The van der Waals surface area contributed by atoms with Crippen molar-refractivity contribution in [2.75, 3.05) is 26.2 Å². The first-order valence-corrected chi connectivity index (χ1v) is 7.65. The monoisotopic (exact) mass is 324 g/mol. The number of nitrogens with one attached hydrogen (secondary N) is 1. The van der Waals surface area contributed by atoms with Crippen LogP contribution in [-0.4, -0.2) is 54.0 Å². The van der Waals surface area contributed by atoms with E-state index in [-0.39, 0.29) is 5.91 Å². The first kappa shape index (κ1) is 16.6. The van der Waals surface area contributed by atoms with Crippen molar-refractivity contribution >= 4 is 23.5 Å². The van der Waals surface area contributed by atoms with Gasteiger partial charge in [0, 0.05) is 37.7 Å². The molecule has 0 spiro atoms. The Morgan fingerprint density at radius 1 is 1.32 bits per heavy atom. The molecule has 0 aromatic heterocycles. The van der Waals surface area contributed by atoms with Gasteiger partial charge in [-0.3, -0.25) is 9.69 Å². The number of hydrogen-bond donors (Lipinski definition) is 2. The summed E-state index contributed by atoms with van der Waals surface area (Å²) in [6.45, 7) is 5.33. The molecule has 0 bridgehead atoms. The average molecular weight is 325 g/mol. The third-order valence-corrected chi connectivity index (χ3v) is 3.94. The van der Waals surface area contributed by atoms with Gasteiger partial charge in [0.15, 0.2) is 0 Å². The molecule has 1 atom stereocenters. The molecule has 1 aliphatic rings. The highest BCUT2D eigenvalue weighted by molar-refractivity contribution is 6.30. The molecule has 6 nitrogen and oxygen atoms in total. The summed E-state index contributed by atoms with van der Waals surface area (Å²) in [5.41, 5.74) is 6.20. The molecule has 1 saturated heterocycles. The van der Waals surface area contributed by atoms with Crippen molar-refractivity contribution in [2.45, 2.75) is 19.5 Å². The second kappa shape index (κ2) is 7.47. The van der Waals surface area contributed by atoms with Crippen LogP contribution in [0.25, 0.3) is 0 Å². The Bertz CT molecular complexity index is 544. The van der Waals surface area contributed by atoms with E-state index in [4.69, 9.17) is 17.3 Å². The molecule has 2 rings (SSSR count). The summed E-state index contributed by atoms with van der Waals surface area (Å²) < 4.78 is 0. The average Bonchev–Trinajstić information content (AvgIpc) is 2.46. The lowest BCUT2D eigenvalue weighted by molar-refractivity contribution is -0.134. The molecule has 1 aliphatic heterocycles. The number of carbonyl (C=O) groups is 2. The number of piperazine rings is 1. The van der Waals surface area contributed by atoms with Gasteiger partial charge in [-0.1, -0.05) is 23.7 Å². The van der Waals surface area contributed by atoms with E-state index < -0.39 is 12.1 Å². The van der Waals surface area contributed by atoms with Gasteiger partial charge >= 0.3 is 6.03 Å². The number of carbonyl (C=O) groups excluding carboxylic acids is 2. The number of halogens is 1. The highest BCUT2D eigenvalue weighted by atomic mass is 35.5. The van der Waals surface area contributed by atoms with Crippen LogP contribution < -0.4 is 11.1 Å². The third kappa shape index (κ3) is 4.61. The molecule has 0 aliphatic carbocycles. The highest BCUT2D eigenvalue weighted by Crippen LogP contribution is 2.14. The van der Waals surface area contributed by atoms with Crippen LogP contribution in [0.3, 0.4) is 0 Å². The summed E-state index contributed by atoms with van der Waals surface area (Å²) in [5, 5.41) is 3.15. The molecule has 1 aromatic carbocycles. The minimum atomic E-state index is -0.680. The van der Waals surface area contributed by atoms with Crippen molar-refractivity contribution < 1.29 is 9.59 Å². The fourth-order valence-corrected chi connectivity index (χ4v) is 2.78. The van der Waals surface area contributed by atoms with Gasteiger partial charge in [-0.25, -0.2) is 4.79 Å². The van der Waals surface area contributed by atoms with Gasteiger partial charge in [0.25, 0.3) is 0 Å². The third-order valence-electron chi connectivity index (χ3n) is 3.71. The van der Waals surface area contributed by atoms with E-state index in [9.17, 15) is 9.59 Å². The van der Waals surface area contributed by atoms with E-state index in [2.05, 4.69) is 10.2 Å². The first-order chi connectivity index (χ1) is 10.5. The highest BCUT2D eigenvalue weighted by Gasteiger charge is 2.25. The van der Waals surface area contributed by atoms with Gasteiger partial charge in [0.2, 0.25) is 5.91 Å². The summed E-state index contributed by atoms with van der Waals surface area (Å²) in [4.78, 5) is 27.0. The Balaban J connectivity index is 1.82. The van der Waals surface area contributed by atoms with Crippen molar-refractivity contribution in [3.8, 4) is 0 Å². The zero-order chi connectivity index (χ0) is 16.1. The summed E-state index contributed by atoms with van der Waals surface area (Å²) in [6, 6.07) is 6.53. The second-order valence-electron chi connectivity index (χ2n) is 5.46. The molecule has 3 amide bonds. The van der Waals surface area contributed by atoms with Gasteiger partial charge < -0.3 is 16.0 Å². The molecule has 7 heteroatoms. The summed E-state index contributed by atoms with van der Waals surface area (Å²) >= 11 is 5.99. The lowest BCUT2D eigenvalue weighted by Crippen LogP contribution is -2.54. The van der Waals surface area contributed by atoms with E-state index >= 15 is 0 Å². The zero-order valence-corrected chi connectivity index (χ0v) is 13.3. The lowest BCUT2D eigenvalue weighted by atomic mass is 10.2. The van der Waals surface area contributed by atoms with Crippen LogP contribution in [0.4, 0.5) is 4.79 Å². The van der Waals surface area contributed by atoms with Crippen LogP contribution in [0.2, 0.25) is 5.02 Å². The van der Waals surface area contributed by atoms with Crippen LogP contribution in [0, 0.1) is 0 Å². The van der Waals surface area contributed by atoms with Crippen LogP contribution in [0.1, 0.15) is 12.5 Å². The minimum absolute atomic E-state index is 0.0961. The molecule has 22 heavy (non-hydrogen) atoms. The van der Waals surface area contributed by atoms with Crippen molar-refractivity contribution in [2.24, 2.45) is 5.73 Å². The fourth-order valence-electron chi connectivity index (χ4n) is 2.57. The van der Waals surface area contributed by atoms with E-state index in [1.165, 1.54) is 0 Å². The SMILES string of the molecule is CC(NC(N)=O)C(=O)N1CCN(Cc2cccc(Cl)c2)CC1. The zero-order valence-electron chi connectivity index (χ0n) is 12.6. The van der Waals surface area contributed by atoms with Gasteiger partial charge in [-0.15, -0.1) is 0 Å². The Morgan fingerprint density at radius 3 is 2.59 bits per heavy atom. The predicted molar refractivity (Wildman–Crippen MR) is 85.5 cm³/mol. The largest absolute Gasteiger partial charge is 0.352 e. The summed E-state index contributed by atoms with van der Waals surface area (Å²) in [6.07, 6.45) is 0. The van der Waals surface area contributed by atoms with E-state index in [0.717, 1.165) is 30.2 Å². The van der Waals surface area contributed by atoms with Gasteiger partial charge in [-0.05, 0) is 24.6 Å². The van der Waals surface area contributed by atoms with Gasteiger partial charge in [-0.2, -0.15) is 0 Å². The smallest absolute Gasteiger partial charge is 0.312 e. The quantitative estimate of drug-likeness (QED) is 0.868. The minimum Gasteiger partial charge on any atom is -0.352 e. The molecular weight excluding hydrogens is 304 g/mol. The number of rotatable bonds is 4. The van der Waals surface area contributed by atoms with Crippen LogP contribution in [0.15, 0.2) is 24.3 Å². The predicted octanol–water partition coefficient (Wildman–Crippen LogP) is 1.04. The van der Waals surface area contributed by atoms with Crippen LogP contribution >= 0.6 is 11.6 Å². The number of urea groups is 1. The number of nitrogens with zero attached hydrogens (tertiary/aromatic N) is 2. The second-order valence-corrected chi connectivity index (χ2v) is 5.90. The maximum Gasteiger partial charge on any atom is 0.312 e. The summed E-state index contributed by atoms with van der Waals surface area (Å²) in [5.74, 6) is -0.0961. The normalized spacial score (nSPS) is 17.1. The number of amides is 3. The van der Waals surface area contributed by atoms with Crippen LogP contribution in [0.5, 0.6) is 0 Å². The standard InChI is InChI=1S/C15H21ClN4O2/c1-11(18-15(17)22)14(21)20-7-5-19(6-8-20)10-12-3-2-4-13(16)9-12/h2-4,9,11H,5-8,10H2,1H3,(H3,17,18,22). The molecule has 1 fully saturated rings. The Kier molecular flexibility index (Phi) is 5.63. The van der Waals surface area contributed by atoms with E-state index in [1.807, 2.05) is 24.3 Å². The first-order valence-electron chi connectivity index (χ1n) is 7.27. The Labute approximate surface area is 135 Å². The molecule has 1 unspecified atom stereocenters. The van der Waals surface area contributed by atoms with E-state index in [1.54, 1.807) is 11.8 Å². The number of nitrogens with two attached hydrogens (primary N) is 1. The molecule has 0 radical (unpaired) electrons. The van der Waals surface area contributed by atoms with Crippen LogP contribution in [-0.2, 0) is 11.3 Å².